The summed E-state index contributed by atoms with van der Waals surface area (Å²) in [6.07, 6.45) is 0.756. The van der Waals surface area contributed by atoms with E-state index in [1.165, 1.54) is 14.2 Å². The molecule has 0 aliphatic rings. The second-order valence-electron chi connectivity index (χ2n) is 6.45. The lowest BCUT2D eigenvalue weighted by atomic mass is 10.2. The number of nitrogens with one attached hydrogen (secondary N) is 2. The zero-order valence-corrected chi connectivity index (χ0v) is 17.3. The molecule has 0 bridgehead atoms. The van der Waals surface area contributed by atoms with E-state index in [1.807, 2.05) is 6.92 Å². The van der Waals surface area contributed by atoms with E-state index in [2.05, 4.69) is 10.3 Å². The van der Waals surface area contributed by atoms with Crippen LogP contribution in [0, 0.1) is 0 Å². The average Bonchev–Trinajstić information content (AvgIpc) is 3.22. The van der Waals surface area contributed by atoms with E-state index >= 15 is 0 Å². The summed E-state index contributed by atoms with van der Waals surface area (Å²) in [5.41, 5.74) is 1.88. The van der Waals surface area contributed by atoms with E-state index in [9.17, 15) is 9.59 Å². The number of fused-ring (bicyclic) bond motifs is 1. The quantitative estimate of drug-likeness (QED) is 0.543. The minimum atomic E-state index is -0.390. The molecule has 158 valence electrons. The molecule has 0 saturated carbocycles. The maximum atomic E-state index is 12.8. The number of amides is 1. The van der Waals surface area contributed by atoms with Gasteiger partial charge in [0.2, 0.25) is 0 Å². The first kappa shape index (κ1) is 21.0. The molecular weight excluding hydrogens is 388 g/mol. The number of aromatic amines is 1. The number of methoxy groups -OCH3 is 3. The summed E-state index contributed by atoms with van der Waals surface area (Å²) in [5.74, 6) is 0.769. The second-order valence-corrected chi connectivity index (χ2v) is 6.45. The van der Waals surface area contributed by atoms with Crippen LogP contribution in [0.25, 0.3) is 10.9 Å². The Bertz CT molecular complexity index is 1060. The third-order valence-electron chi connectivity index (χ3n) is 4.50. The molecule has 1 aromatic heterocycles. The Morgan fingerprint density at radius 3 is 2.27 bits per heavy atom. The summed E-state index contributed by atoms with van der Waals surface area (Å²) >= 11 is 0. The largest absolute Gasteiger partial charge is 0.496 e. The van der Waals surface area contributed by atoms with Crippen molar-refractivity contribution in [3.05, 3.63) is 47.7 Å². The van der Waals surface area contributed by atoms with Gasteiger partial charge in [0.1, 0.15) is 11.4 Å². The Labute approximate surface area is 174 Å². The number of carbonyl (C=O) groups is 2. The van der Waals surface area contributed by atoms with Gasteiger partial charge in [-0.1, -0.05) is 6.92 Å². The molecule has 3 aromatic rings. The highest BCUT2D eigenvalue weighted by Crippen LogP contribution is 2.41. The number of anilines is 1. The summed E-state index contributed by atoms with van der Waals surface area (Å²) < 4.78 is 21.3. The average molecular weight is 412 g/mol. The lowest BCUT2D eigenvalue weighted by molar-refractivity contribution is 0.0505. The molecule has 0 saturated heterocycles. The lowest BCUT2D eigenvalue weighted by Gasteiger charge is -2.11. The molecule has 30 heavy (non-hydrogen) atoms. The monoisotopic (exact) mass is 412 g/mol. The zero-order valence-electron chi connectivity index (χ0n) is 17.3. The number of esters is 1. The van der Waals surface area contributed by atoms with Gasteiger partial charge in [-0.2, -0.15) is 0 Å². The van der Waals surface area contributed by atoms with Crippen molar-refractivity contribution < 1.29 is 28.5 Å². The Morgan fingerprint density at radius 2 is 1.67 bits per heavy atom. The molecule has 1 amide bonds. The number of ether oxygens (including phenoxy) is 4. The van der Waals surface area contributed by atoms with Crippen molar-refractivity contribution in [3.8, 4) is 17.2 Å². The first-order valence-corrected chi connectivity index (χ1v) is 9.42. The van der Waals surface area contributed by atoms with Crippen LogP contribution in [0.1, 0.15) is 34.2 Å². The predicted molar refractivity (Wildman–Crippen MR) is 113 cm³/mol. The molecule has 3 rings (SSSR count). The maximum absolute atomic E-state index is 12.8. The molecule has 1 heterocycles. The van der Waals surface area contributed by atoms with Crippen LogP contribution in [0.3, 0.4) is 0 Å². The van der Waals surface area contributed by atoms with E-state index in [-0.39, 0.29) is 5.91 Å². The highest BCUT2D eigenvalue weighted by molar-refractivity contribution is 6.08. The summed E-state index contributed by atoms with van der Waals surface area (Å²) in [5, 5.41) is 3.49. The van der Waals surface area contributed by atoms with Gasteiger partial charge in [0.25, 0.3) is 5.91 Å². The van der Waals surface area contributed by atoms with Gasteiger partial charge < -0.3 is 29.2 Å². The highest BCUT2D eigenvalue weighted by Gasteiger charge is 2.19. The molecule has 2 N–H and O–H groups in total. The number of benzene rings is 2. The second kappa shape index (κ2) is 9.21. The van der Waals surface area contributed by atoms with Gasteiger partial charge in [0.05, 0.1) is 39.0 Å². The van der Waals surface area contributed by atoms with E-state index < -0.39 is 5.97 Å². The molecule has 8 heteroatoms. The molecule has 0 aliphatic heterocycles. The van der Waals surface area contributed by atoms with Gasteiger partial charge in [-0.25, -0.2) is 4.79 Å². The number of rotatable bonds is 8. The fourth-order valence-electron chi connectivity index (χ4n) is 3.03. The molecular formula is C22H24N2O6. The van der Waals surface area contributed by atoms with Crippen molar-refractivity contribution >= 4 is 28.5 Å². The van der Waals surface area contributed by atoms with Crippen LogP contribution in [0.4, 0.5) is 5.69 Å². The van der Waals surface area contributed by atoms with E-state index in [1.54, 1.807) is 43.5 Å². The molecule has 8 nitrogen and oxygen atoms in total. The number of hydrogen-bond donors (Lipinski definition) is 2. The predicted octanol–water partition coefficient (Wildman–Crippen LogP) is 4.01. The van der Waals surface area contributed by atoms with Crippen LogP contribution in [-0.4, -0.2) is 44.8 Å². The van der Waals surface area contributed by atoms with Gasteiger partial charge in [0.15, 0.2) is 11.5 Å². The summed E-state index contributed by atoms with van der Waals surface area (Å²) in [4.78, 5) is 27.7. The molecule has 0 fully saturated rings. The summed E-state index contributed by atoms with van der Waals surface area (Å²) in [6.45, 7) is 2.30. The molecule has 0 atom stereocenters. The number of hydrogen-bond acceptors (Lipinski definition) is 6. The van der Waals surface area contributed by atoms with Crippen molar-refractivity contribution in [2.75, 3.05) is 33.3 Å². The fourth-order valence-corrected chi connectivity index (χ4v) is 3.03. The van der Waals surface area contributed by atoms with E-state index in [0.717, 1.165) is 6.42 Å². The van der Waals surface area contributed by atoms with Crippen molar-refractivity contribution in [2.45, 2.75) is 13.3 Å². The van der Waals surface area contributed by atoms with Crippen LogP contribution in [0.15, 0.2) is 36.4 Å². The molecule has 0 aliphatic carbocycles. The molecule has 0 radical (unpaired) electrons. The number of aromatic nitrogens is 1. The topological polar surface area (TPSA) is 98.9 Å². The SMILES string of the molecule is CCCOC(=O)c1ccc(NC(=O)c2cc3c(OC)cc(OC)c(OC)c3[nH]2)cc1. The Balaban J connectivity index is 1.84. The van der Waals surface area contributed by atoms with Crippen molar-refractivity contribution in [2.24, 2.45) is 0 Å². The smallest absolute Gasteiger partial charge is 0.338 e. The van der Waals surface area contributed by atoms with E-state index in [4.69, 9.17) is 18.9 Å². The van der Waals surface area contributed by atoms with Crippen molar-refractivity contribution in [3.63, 3.8) is 0 Å². The third kappa shape index (κ3) is 4.17. The minimum Gasteiger partial charge on any atom is -0.496 e. The van der Waals surface area contributed by atoms with Crippen molar-refractivity contribution in [1.29, 1.82) is 0 Å². The Morgan fingerprint density at radius 1 is 0.967 bits per heavy atom. The molecule has 0 spiro atoms. The number of carbonyl (C=O) groups excluding carboxylic acids is 2. The summed E-state index contributed by atoms with van der Waals surface area (Å²) in [7, 11) is 4.60. The highest BCUT2D eigenvalue weighted by atomic mass is 16.5. The first-order chi connectivity index (χ1) is 14.5. The van der Waals surface area contributed by atoms with Gasteiger partial charge in [-0.3, -0.25) is 4.79 Å². The minimum absolute atomic E-state index is 0.321. The standard InChI is InChI=1S/C22H24N2O6/c1-5-10-30-22(26)13-6-8-14(9-7-13)23-21(25)16-11-15-17(27-2)12-18(28-3)20(29-4)19(15)24-16/h6-9,11-12,24H,5,10H2,1-4H3,(H,23,25). The van der Waals surface area contributed by atoms with Crippen LogP contribution in [0.2, 0.25) is 0 Å². The normalized spacial score (nSPS) is 10.5. The van der Waals surface area contributed by atoms with Gasteiger partial charge in [0, 0.05) is 17.1 Å². The third-order valence-corrected chi connectivity index (χ3v) is 4.50. The Kier molecular flexibility index (Phi) is 6.46. The van der Waals surface area contributed by atoms with Crippen LogP contribution >= 0.6 is 0 Å². The summed E-state index contributed by atoms with van der Waals surface area (Å²) in [6, 6.07) is 9.89. The maximum Gasteiger partial charge on any atom is 0.338 e. The first-order valence-electron chi connectivity index (χ1n) is 9.42. The molecule has 2 aromatic carbocycles. The van der Waals surface area contributed by atoms with Crippen LogP contribution in [0.5, 0.6) is 17.2 Å². The fraction of sp³-hybridized carbons (Fsp3) is 0.273. The van der Waals surface area contributed by atoms with Gasteiger partial charge in [-0.15, -0.1) is 0 Å². The lowest BCUT2D eigenvalue weighted by Crippen LogP contribution is -2.12. The van der Waals surface area contributed by atoms with E-state index in [0.29, 0.717) is 51.7 Å². The Hall–Kier alpha value is -3.68. The van der Waals surface area contributed by atoms with Gasteiger partial charge in [-0.05, 0) is 36.8 Å². The van der Waals surface area contributed by atoms with Crippen molar-refractivity contribution in [1.82, 2.24) is 4.98 Å². The number of H-pyrrole nitrogens is 1. The molecule has 0 unspecified atom stereocenters. The zero-order chi connectivity index (χ0) is 21.7. The van der Waals surface area contributed by atoms with Crippen LogP contribution in [-0.2, 0) is 4.74 Å². The van der Waals surface area contributed by atoms with Crippen LogP contribution < -0.4 is 19.5 Å². The van der Waals surface area contributed by atoms with Gasteiger partial charge >= 0.3 is 5.97 Å².